The molecule has 0 fully saturated rings. The van der Waals surface area contributed by atoms with Gasteiger partial charge in [0.15, 0.2) is 0 Å². The Kier molecular flexibility index (Phi) is 10.3. The maximum atomic E-state index is 12.4. The molecule has 0 radical (unpaired) electrons. The van der Waals surface area contributed by atoms with Crippen LogP contribution in [0, 0.1) is 6.92 Å². The first-order chi connectivity index (χ1) is 16.7. The second-order valence-corrected chi connectivity index (χ2v) is 7.65. The monoisotopic (exact) mass is 482 g/mol. The van der Waals surface area contributed by atoms with Crippen LogP contribution in [0.25, 0.3) is 0 Å². The zero-order chi connectivity index (χ0) is 25.8. The highest BCUT2D eigenvalue weighted by atomic mass is 16.5. The van der Waals surface area contributed by atoms with Gasteiger partial charge in [-0.1, -0.05) is 30.3 Å². The van der Waals surface area contributed by atoms with Gasteiger partial charge in [0.2, 0.25) is 11.8 Å². The van der Waals surface area contributed by atoms with Gasteiger partial charge in [0.1, 0.15) is 5.75 Å². The Morgan fingerprint density at radius 3 is 2.46 bits per heavy atom. The number of carbonyl (C=O) groups is 4. The fourth-order valence-corrected chi connectivity index (χ4v) is 3.18. The molecule has 0 aromatic heterocycles. The van der Waals surface area contributed by atoms with Crippen LogP contribution < -0.4 is 20.7 Å². The molecule has 0 saturated heterocycles. The minimum Gasteiger partial charge on any atom is -0.495 e. The van der Waals surface area contributed by atoms with Gasteiger partial charge in [-0.15, -0.1) is 6.58 Å². The Balaban J connectivity index is 1.93. The third-order valence-corrected chi connectivity index (χ3v) is 5.01. The van der Waals surface area contributed by atoms with Gasteiger partial charge in [-0.3, -0.25) is 14.4 Å². The number of para-hydroxylation sites is 1. The molecule has 35 heavy (non-hydrogen) atoms. The normalized spacial score (nSPS) is 10.1. The van der Waals surface area contributed by atoms with Gasteiger partial charge in [-0.25, -0.2) is 4.79 Å². The summed E-state index contributed by atoms with van der Waals surface area (Å²) >= 11 is 0. The van der Waals surface area contributed by atoms with Crippen LogP contribution in [-0.2, 0) is 20.8 Å². The highest BCUT2D eigenvalue weighted by Gasteiger charge is 2.16. The highest BCUT2D eigenvalue weighted by molar-refractivity contribution is 6.01. The molecule has 0 spiro atoms. The minimum atomic E-state index is -1.02. The molecule has 10 heteroatoms. The molecule has 0 aliphatic rings. The number of methoxy groups -OCH3 is 1. The number of benzene rings is 2. The first kappa shape index (κ1) is 26.9. The number of rotatable bonds is 12. The number of aryl methyl sites for hydroxylation is 1. The number of aliphatic carboxylic acids is 1. The zero-order valence-corrected chi connectivity index (χ0v) is 19.8. The molecule has 0 unspecified atom stereocenters. The van der Waals surface area contributed by atoms with Gasteiger partial charge in [0.25, 0.3) is 0 Å². The average Bonchev–Trinajstić information content (AvgIpc) is 2.82. The number of hydrogen-bond donors (Lipinski definition) is 4. The summed E-state index contributed by atoms with van der Waals surface area (Å²) in [5.41, 5.74) is 2.65. The Labute approximate surface area is 204 Å². The second-order valence-electron chi connectivity index (χ2n) is 7.65. The number of nitrogens with one attached hydrogen (secondary N) is 3. The van der Waals surface area contributed by atoms with Crippen molar-refractivity contribution in [3.63, 3.8) is 0 Å². The number of hydrogen-bond acceptors (Lipinski definition) is 5. The lowest BCUT2D eigenvalue weighted by Gasteiger charge is -2.20. The van der Waals surface area contributed by atoms with Crippen LogP contribution in [0.1, 0.15) is 17.5 Å². The quantitative estimate of drug-likeness (QED) is 0.343. The third-order valence-electron chi connectivity index (χ3n) is 5.01. The van der Waals surface area contributed by atoms with E-state index >= 15 is 0 Å². The molecule has 2 aromatic carbocycles. The number of ether oxygens (including phenoxy) is 1. The SMILES string of the molecule is C=CCN(CCC(=O)O)C(=O)CNC(=O)Cc1ccc(NC(=O)Nc2ccccc2C)c(OC)c1. The molecule has 10 nitrogen and oxygen atoms in total. The smallest absolute Gasteiger partial charge is 0.323 e. The molecular weight excluding hydrogens is 452 g/mol. The van der Waals surface area contributed by atoms with E-state index < -0.39 is 23.8 Å². The lowest BCUT2D eigenvalue weighted by Crippen LogP contribution is -2.41. The lowest BCUT2D eigenvalue weighted by molar-refractivity contribution is -0.138. The van der Waals surface area contributed by atoms with Crippen molar-refractivity contribution >= 4 is 35.2 Å². The van der Waals surface area contributed by atoms with E-state index in [2.05, 4.69) is 22.5 Å². The zero-order valence-electron chi connectivity index (χ0n) is 19.8. The van der Waals surface area contributed by atoms with Crippen molar-refractivity contribution in [2.75, 3.05) is 37.4 Å². The molecule has 0 aliphatic carbocycles. The van der Waals surface area contributed by atoms with Crippen LogP contribution in [0.3, 0.4) is 0 Å². The molecule has 0 atom stereocenters. The summed E-state index contributed by atoms with van der Waals surface area (Å²) in [5.74, 6) is -1.45. The van der Waals surface area contributed by atoms with Crippen molar-refractivity contribution in [3.8, 4) is 5.75 Å². The predicted octanol–water partition coefficient (Wildman–Crippen LogP) is 2.80. The van der Waals surface area contributed by atoms with Gasteiger partial charge in [-0.2, -0.15) is 0 Å². The number of carbonyl (C=O) groups excluding carboxylic acids is 3. The predicted molar refractivity (Wildman–Crippen MR) is 133 cm³/mol. The summed E-state index contributed by atoms with van der Waals surface area (Å²) in [7, 11) is 1.45. The van der Waals surface area contributed by atoms with Crippen LogP contribution in [0.5, 0.6) is 5.75 Å². The summed E-state index contributed by atoms with van der Waals surface area (Å²) in [5, 5.41) is 16.9. The van der Waals surface area contributed by atoms with Crippen LogP contribution in [0.15, 0.2) is 55.1 Å². The Morgan fingerprint density at radius 1 is 1.09 bits per heavy atom. The van der Waals surface area contributed by atoms with Crippen LogP contribution in [-0.4, -0.2) is 60.6 Å². The molecule has 0 aliphatic heterocycles. The summed E-state index contributed by atoms with van der Waals surface area (Å²) < 4.78 is 5.35. The van der Waals surface area contributed by atoms with Gasteiger partial charge in [0.05, 0.1) is 32.2 Å². The molecule has 186 valence electrons. The first-order valence-electron chi connectivity index (χ1n) is 10.9. The average molecular weight is 483 g/mol. The molecule has 0 heterocycles. The van der Waals surface area contributed by atoms with E-state index in [9.17, 15) is 19.2 Å². The summed E-state index contributed by atoms with van der Waals surface area (Å²) in [4.78, 5) is 49.1. The van der Waals surface area contributed by atoms with E-state index in [0.717, 1.165) is 5.56 Å². The summed E-state index contributed by atoms with van der Waals surface area (Å²) in [6.07, 6.45) is 1.28. The standard InChI is InChI=1S/C25H30N4O6/c1-4-12-29(13-11-24(32)33)23(31)16-26-22(30)15-18-9-10-20(21(14-18)35-3)28-25(34)27-19-8-6-5-7-17(19)2/h4-10,14H,1,11-13,15-16H2,2-3H3,(H,26,30)(H,32,33)(H2,27,28,34). The van der Waals surface area contributed by atoms with Crippen molar-refractivity contribution in [1.29, 1.82) is 0 Å². The molecule has 0 saturated carbocycles. The van der Waals surface area contributed by atoms with E-state index in [0.29, 0.717) is 22.7 Å². The Bertz CT molecular complexity index is 1090. The van der Waals surface area contributed by atoms with Gasteiger partial charge < -0.3 is 30.7 Å². The number of anilines is 2. The van der Waals surface area contributed by atoms with Crippen molar-refractivity contribution < 1.29 is 29.0 Å². The number of carboxylic acids is 1. The van der Waals surface area contributed by atoms with Crippen molar-refractivity contribution in [3.05, 3.63) is 66.2 Å². The fourth-order valence-electron chi connectivity index (χ4n) is 3.18. The Hall–Kier alpha value is -4.34. The van der Waals surface area contributed by atoms with Crippen LogP contribution >= 0.6 is 0 Å². The summed E-state index contributed by atoms with van der Waals surface area (Å²) in [6.45, 7) is 5.39. The molecule has 2 aromatic rings. The van der Waals surface area contributed by atoms with E-state index in [-0.39, 0.29) is 32.5 Å². The van der Waals surface area contributed by atoms with E-state index in [4.69, 9.17) is 9.84 Å². The maximum Gasteiger partial charge on any atom is 0.323 e. The van der Waals surface area contributed by atoms with E-state index in [1.807, 2.05) is 25.1 Å². The molecule has 2 rings (SSSR count). The molecule has 4 N–H and O–H groups in total. The number of amides is 4. The van der Waals surface area contributed by atoms with E-state index in [1.54, 1.807) is 24.3 Å². The van der Waals surface area contributed by atoms with Crippen LogP contribution in [0.4, 0.5) is 16.2 Å². The van der Waals surface area contributed by atoms with Crippen LogP contribution in [0.2, 0.25) is 0 Å². The van der Waals surface area contributed by atoms with Crippen molar-refractivity contribution in [2.45, 2.75) is 19.8 Å². The number of urea groups is 1. The second kappa shape index (κ2) is 13.4. The minimum absolute atomic E-state index is 0.0179. The number of carboxylic acid groups (broad SMARTS) is 1. The van der Waals surface area contributed by atoms with Gasteiger partial charge in [-0.05, 0) is 36.2 Å². The number of nitrogens with zero attached hydrogens (tertiary/aromatic N) is 1. The van der Waals surface area contributed by atoms with E-state index in [1.165, 1.54) is 18.1 Å². The maximum absolute atomic E-state index is 12.4. The topological polar surface area (TPSA) is 137 Å². The van der Waals surface area contributed by atoms with Crippen molar-refractivity contribution in [2.24, 2.45) is 0 Å². The molecular formula is C25H30N4O6. The molecule has 4 amide bonds. The third kappa shape index (κ3) is 8.84. The lowest BCUT2D eigenvalue weighted by atomic mass is 10.1. The first-order valence-corrected chi connectivity index (χ1v) is 10.9. The summed E-state index contributed by atoms with van der Waals surface area (Å²) in [6, 6.07) is 11.9. The van der Waals surface area contributed by atoms with Gasteiger partial charge in [0, 0.05) is 18.8 Å². The Morgan fingerprint density at radius 2 is 1.80 bits per heavy atom. The highest BCUT2D eigenvalue weighted by Crippen LogP contribution is 2.26. The van der Waals surface area contributed by atoms with Gasteiger partial charge >= 0.3 is 12.0 Å². The molecule has 0 bridgehead atoms. The van der Waals surface area contributed by atoms with Crippen molar-refractivity contribution in [1.82, 2.24) is 10.2 Å². The fraction of sp³-hybridized carbons (Fsp3) is 0.280. The largest absolute Gasteiger partial charge is 0.495 e.